The standard InChI is InChI=1S/C24H31N3O2S/c1-19(28)29-24(2,3)18-27-22-13-8-7-12-21(22)26-23(27)30-17-9-15-25-16-14-20-10-5-4-6-11-20/h4-8,10-13,25H,9,14-18H2,1-3H3. The highest BCUT2D eigenvalue weighted by molar-refractivity contribution is 7.99. The van der Waals surface area contributed by atoms with Crippen LogP contribution in [0.25, 0.3) is 11.0 Å². The molecule has 0 saturated heterocycles. The third-order valence-corrected chi connectivity index (χ3v) is 5.80. The van der Waals surface area contributed by atoms with E-state index >= 15 is 0 Å². The SMILES string of the molecule is CC(=O)OC(C)(C)Cn1c(SCCCNCCc2ccccc2)nc2ccccc21. The number of fused-ring (bicyclic) bond motifs is 1. The number of nitrogens with one attached hydrogen (secondary N) is 1. The molecule has 30 heavy (non-hydrogen) atoms. The van der Waals surface area contributed by atoms with Crippen LogP contribution in [0.5, 0.6) is 0 Å². The van der Waals surface area contributed by atoms with E-state index in [-0.39, 0.29) is 5.97 Å². The van der Waals surface area contributed by atoms with Crippen LogP contribution in [0.2, 0.25) is 0 Å². The molecule has 160 valence electrons. The predicted molar refractivity (Wildman–Crippen MR) is 124 cm³/mol. The number of imidazole rings is 1. The number of hydrogen-bond donors (Lipinski definition) is 1. The normalized spacial score (nSPS) is 11.7. The number of hydrogen-bond acceptors (Lipinski definition) is 5. The van der Waals surface area contributed by atoms with Crippen molar-refractivity contribution < 1.29 is 9.53 Å². The first kappa shape index (κ1) is 22.4. The number of carbonyl (C=O) groups excluding carboxylic acids is 1. The Hall–Kier alpha value is -2.31. The molecule has 0 fully saturated rings. The van der Waals surface area contributed by atoms with Crippen LogP contribution in [-0.4, -0.2) is 40.0 Å². The molecule has 1 heterocycles. The van der Waals surface area contributed by atoms with Gasteiger partial charge in [0.05, 0.1) is 17.6 Å². The molecule has 0 amide bonds. The van der Waals surface area contributed by atoms with Crippen molar-refractivity contribution in [2.45, 2.75) is 50.9 Å². The minimum Gasteiger partial charge on any atom is -0.458 e. The van der Waals surface area contributed by atoms with Gasteiger partial charge in [0.2, 0.25) is 0 Å². The van der Waals surface area contributed by atoms with Crippen LogP contribution in [0.15, 0.2) is 59.8 Å². The Bertz CT molecular complexity index is 953. The van der Waals surface area contributed by atoms with Gasteiger partial charge in [-0.15, -0.1) is 0 Å². The molecule has 0 radical (unpaired) electrons. The van der Waals surface area contributed by atoms with E-state index in [2.05, 4.69) is 46.3 Å². The number of rotatable bonds is 11. The van der Waals surface area contributed by atoms with Crippen LogP contribution in [0.1, 0.15) is 32.8 Å². The number of nitrogens with zero attached hydrogens (tertiary/aromatic N) is 2. The summed E-state index contributed by atoms with van der Waals surface area (Å²) < 4.78 is 7.69. The highest BCUT2D eigenvalue weighted by Crippen LogP contribution is 2.27. The lowest BCUT2D eigenvalue weighted by Crippen LogP contribution is -2.32. The van der Waals surface area contributed by atoms with Gasteiger partial charge in [0.25, 0.3) is 0 Å². The average Bonchev–Trinajstić information content (AvgIpc) is 3.04. The number of benzene rings is 2. The summed E-state index contributed by atoms with van der Waals surface area (Å²) in [6.07, 6.45) is 2.12. The van der Waals surface area contributed by atoms with Gasteiger partial charge in [-0.1, -0.05) is 54.2 Å². The molecule has 2 aromatic carbocycles. The molecule has 0 bridgehead atoms. The number of para-hydroxylation sites is 2. The summed E-state index contributed by atoms with van der Waals surface area (Å²) in [6, 6.07) is 18.7. The molecule has 3 rings (SSSR count). The number of thioether (sulfide) groups is 1. The number of carbonyl (C=O) groups is 1. The Morgan fingerprint density at radius 1 is 1.10 bits per heavy atom. The maximum absolute atomic E-state index is 11.5. The third-order valence-electron chi connectivity index (χ3n) is 4.74. The zero-order valence-corrected chi connectivity index (χ0v) is 18.9. The highest BCUT2D eigenvalue weighted by atomic mass is 32.2. The van der Waals surface area contributed by atoms with E-state index in [1.165, 1.54) is 12.5 Å². The first-order chi connectivity index (χ1) is 14.4. The summed E-state index contributed by atoms with van der Waals surface area (Å²) in [6.45, 7) is 7.88. The lowest BCUT2D eigenvalue weighted by atomic mass is 10.1. The van der Waals surface area contributed by atoms with Crippen molar-refractivity contribution >= 4 is 28.8 Å². The fraction of sp³-hybridized carbons (Fsp3) is 0.417. The van der Waals surface area contributed by atoms with Gasteiger partial charge in [0.15, 0.2) is 5.16 Å². The molecule has 0 aliphatic carbocycles. The Morgan fingerprint density at radius 3 is 2.60 bits per heavy atom. The molecule has 0 unspecified atom stereocenters. The number of esters is 1. The van der Waals surface area contributed by atoms with Crippen LogP contribution < -0.4 is 5.32 Å². The minimum atomic E-state index is -0.594. The summed E-state index contributed by atoms with van der Waals surface area (Å²) in [5.41, 5.74) is 2.81. The van der Waals surface area contributed by atoms with E-state index in [4.69, 9.17) is 9.72 Å². The van der Waals surface area contributed by atoms with Crippen molar-refractivity contribution in [3.8, 4) is 0 Å². The number of aromatic nitrogens is 2. The molecule has 1 aromatic heterocycles. The minimum absolute atomic E-state index is 0.264. The van der Waals surface area contributed by atoms with Crippen LogP contribution in [0, 0.1) is 0 Å². The molecule has 0 aliphatic heterocycles. The van der Waals surface area contributed by atoms with E-state index in [1.807, 2.05) is 32.0 Å². The van der Waals surface area contributed by atoms with Crippen LogP contribution in [-0.2, 0) is 22.5 Å². The Kier molecular flexibility index (Phi) is 7.94. The molecule has 1 N–H and O–H groups in total. The number of ether oxygens (including phenoxy) is 1. The summed E-state index contributed by atoms with van der Waals surface area (Å²) in [7, 11) is 0. The van der Waals surface area contributed by atoms with Gasteiger partial charge in [-0.25, -0.2) is 4.98 Å². The Morgan fingerprint density at radius 2 is 1.83 bits per heavy atom. The van der Waals surface area contributed by atoms with Crippen molar-refractivity contribution in [3.05, 3.63) is 60.2 Å². The summed E-state index contributed by atoms with van der Waals surface area (Å²) in [5, 5.41) is 4.50. The molecule has 3 aromatic rings. The van der Waals surface area contributed by atoms with Gasteiger partial charge in [0.1, 0.15) is 5.60 Å². The van der Waals surface area contributed by atoms with E-state index in [9.17, 15) is 4.79 Å². The van der Waals surface area contributed by atoms with Crippen LogP contribution in [0.3, 0.4) is 0 Å². The topological polar surface area (TPSA) is 56.1 Å². The highest BCUT2D eigenvalue weighted by Gasteiger charge is 2.25. The van der Waals surface area contributed by atoms with Gasteiger partial charge in [-0.2, -0.15) is 0 Å². The molecule has 0 spiro atoms. The molecule has 0 saturated carbocycles. The average molecular weight is 426 g/mol. The largest absolute Gasteiger partial charge is 0.458 e. The fourth-order valence-corrected chi connectivity index (χ4v) is 4.43. The van der Waals surface area contributed by atoms with E-state index in [0.29, 0.717) is 6.54 Å². The smallest absolute Gasteiger partial charge is 0.303 e. The quantitative estimate of drug-likeness (QED) is 0.274. The van der Waals surface area contributed by atoms with Gasteiger partial charge >= 0.3 is 5.97 Å². The Labute approximate surface area is 183 Å². The second-order valence-corrected chi connectivity index (χ2v) is 9.07. The van der Waals surface area contributed by atoms with Crippen LogP contribution >= 0.6 is 11.8 Å². The Balaban J connectivity index is 1.53. The van der Waals surface area contributed by atoms with E-state index in [0.717, 1.165) is 47.9 Å². The molecular weight excluding hydrogens is 394 g/mol. The first-order valence-corrected chi connectivity index (χ1v) is 11.5. The molecule has 0 atom stereocenters. The van der Waals surface area contributed by atoms with Gasteiger partial charge in [0, 0.05) is 12.7 Å². The maximum Gasteiger partial charge on any atom is 0.303 e. The van der Waals surface area contributed by atoms with E-state index < -0.39 is 5.60 Å². The lowest BCUT2D eigenvalue weighted by molar-refractivity contribution is -0.154. The third kappa shape index (κ3) is 6.61. The maximum atomic E-state index is 11.5. The molecule has 5 nitrogen and oxygen atoms in total. The fourth-order valence-electron chi connectivity index (χ4n) is 3.48. The van der Waals surface area contributed by atoms with Crippen molar-refractivity contribution in [1.29, 1.82) is 0 Å². The van der Waals surface area contributed by atoms with E-state index in [1.54, 1.807) is 11.8 Å². The molecule has 0 aliphatic rings. The molecular formula is C24H31N3O2S. The van der Waals surface area contributed by atoms with Crippen LogP contribution in [0.4, 0.5) is 0 Å². The predicted octanol–water partition coefficient (Wildman–Crippen LogP) is 4.69. The zero-order valence-electron chi connectivity index (χ0n) is 18.1. The van der Waals surface area contributed by atoms with Crippen molar-refractivity contribution in [2.75, 3.05) is 18.8 Å². The van der Waals surface area contributed by atoms with Gasteiger partial charge < -0.3 is 14.6 Å². The summed E-state index contributed by atoms with van der Waals surface area (Å²) >= 11 is 1.76. The summed E-state index contributed by atoms with van der Waals surface area (Å²) in [4.78, 5) is 16.3. The summed E-state index contributed by atoms with van der Waals surface area (Å²) in [5.74, 6) is 0.718. The second-order valence-electron chi connectivity index (χ2n) is 8.01. The van der Waals surface area contributed by atoms with Gasteiger partial charge in [-0.05, 0) is 57.5 Å². The zero-order chi connectivity index (χ0) is 21.4. The monoisotopic (exact) mass is 425 g/mol. The van der Waals surface area contributed by atoms with Crippen molar-refractivity contribution in [2.24, 2.45) is 0 Å². The first-order valence-electron chi connectivity index (χ1n) is 10.5. The molecule has 6 heteroatoms. The van der Waals surface area contributed by atoms with Crippen molar-refractivity contribution in [1.82, 2.24) is 14.9 Å². The van der Waals surface area contributed by atoms with Gasteiger partial charge in [-0.3, -0.25) is 4.79 Å². The lowest BCUT2D eigenvalue weighted by Gasteiger charge is -2.26. The van der Waals surface area contributed by atoms with Crippen molar-refractivity contribution in [3.63, 3.8) is 0 Å². The second kappa shape index (κ2) is 10.6.